The van der Waals surface area contributed by atoms with Gasteiger partial charge in [-0.25, -0.2) is 8.42 Å². The molecular weight excluding hydrogens is 327 g/mol. The summed E-state index contributed by atoms with van der Waals surface area (Å²) in [6, 6.07) is 13.9. The normalized spacial score (nSPS) is 12.3. The number of benzene rings is 2. The third kappa shape index (κ3) is 5.38. The SMILES string of the molecule is O=S(=O)(/C=C\c1cccc(Cl)c1)/C=C\c1cccc(Cl)c1. The van der Waals surface area contributed by atoms with E-state index in [2.05, 4.69) is 0 Å². The molecule has 0 bridgehead atoms. The Morgan fingerprint density at radius 2 is 1.19 bits per heavy atom. The van der Waals surface area contributed by atoms with Gasteiger partial charge in [0, 0.05) is 20.9 Å². The molecule has 108 valence electrons. The van der Waals surface area contributed by atoms with Crippen molar-refractivity contribution in [2.75, 3.05) is 0 Å². The second kappa shape index (κ2) is 6.94. The molecule has 0 aromatic heterocycles. The quantitative estimate of drug-likeness (QED) is 0.781. The lowest BCUT2D eigenvalue weighted by atomic mass is 10.2. The average Bonchev–Trinajstić information content (AvgIpc) is 2.44. The number of hydrogen-bond donors (Lipinski definition) is 0. The summed E-state index contributed by atoms with van der Waals surface area (Å²) in [6.07, 6.45) is 3.01. The van der Waals surface area contributed by atoms with Crippen LogP contribution in [0.2, 0.25) is 10.0 Å². The zero-order valence-electron chi connectivity index (χ0n) is 10.9. The molecule has 0 amide bonds. The van der Waals surface area contributed by atoms with E-state index in [0.29, 0.717) is 10.0 Å². The maximum atomic E-state index is 11.9. The summed E-state index contributed by atoms with van der Waals surface area (Å²) in [6.45, 7) is 0. The lowest BCUT2D eigenvalue weighted by Crippen LogP contribution is -1.88. The van der Waals surface area contributed by atoms with Crippen LogP contribution in [0.25, 0.3) is 12.2 Å². The summed E-state index contributed by atoms with van der Waals surface area (Å²) in [5.74, 6) is 0. The van der Waals surface area contributed by atoms with Gasteiger partial charge in [-0.2, -0.15) is 0 Å². The summed E-state index contributed by atoms with van der Waals surface area (Å²) >= 11 is 11.7. The number of sulfone groups is 1. The van der Waals surface area contributed by atoms with E-state index in [0.717, 1.165) is 21.9 Å². The van der Waals surface area contributed by atoms with Gasteiger partial charge in [-0.05, 0) is 47.5 Å². The monoisotopic (exact) mass is 338 g/mol. The molecule has 0 aliphatic carbocycles. The number of rotatable bonds is 4. The molecule has 5 heteroatoms. The standard InChI is InChI=1S/C16H12Cl2O2S/c17-15-5-1-3-13(11-15)7-9-21(19,20)10-8-14-4-2-6-16(18)12-14/h1-12H/b9-7-,10-8-. The molecule has 2 aromatic rings. The van der Waals surface area contributed by atoms with E-state index in [1.807, 2.05) is 0 Å². The lowest BCUT2D eigenvalue weighted by Gasteiger charge is -1.95. The summed E-state index contributed by atoms with van der Waals surface area (Å²) in [7, 11) is -3.45. The number of halogens is 2. The van der Waals surface area contributed by atoms with Crippen molar-refractivity contribution in [3.05, 3.63) is 80.5 Å². The van der Waals surface area contributed by atoms with Crippen LogP contribution < -0.4 is 0 Å². The molecule has 0 N–H and O–H groups in total. The Bertz CT molecular complexity index is 732. The molecule has 2 nitrogen and oxygen atoms in total. The molecule has 0 spiro atoms. The minimum atomic E-state index is -3.45. The molecule has 0 saturated carbocycles. The second-order valence-corrected chi connectivity index (χ2v) is 6.90. The van der Waals surface area contributed by atoms with Gasteiger partial charge in [-0.1, -0.05) is 47.5 Å². The van der Waals surface area contributed by atoms with Crippen molar-refractivity contribution in [2.45, 2.75) is 0 Å². The fourth-order valence-corrected chi connectivity index (χ4v) is 2.79. The van der Waals surface area contributed by atoms with Gasteiger partial charge in [0.1, 0.15) is 0 Å². The molecule has 0 atom stereocenters. The molecule has 21 heavy (non-hydrogen) atoms. The highest BCUT2D eigenvalue weighted by molar-refractivity contribution is 7.97. The van der Waals surface area contributed by atoms with Gasteiger partial charge >= 0.3 is 0 Å². The highest BCUT2D eigenvalue weighted by Gasteiger charge is 2.00. The molecule has 0 aliphatic rings. The van der Waals surface area contributed by atoms with E-state index in [9.17, 15) is 8.42 Å². The molecule has 2 rings (SSSR count). The predicted molar refractivity (Wildman–Crippen MR) is 89.9 cm³/mol. The van der Waals surface area contributed by atoms with Gasteiger partial charge in [0.05, 0.1) is 0 Å². The smallest absolute Gasteiger partial charge is 0.193 e. The third-order valence-corrected chi connectivity index (χ3v) is 4.10. The van der Waals surface area contributed by atoms with E-state index < -0.39 is 9.84 Å². The van der Waals surface area contributed by atoms with E-state index in [1.54, 1.807) is 48.5 Å². The maximum Gasteiger partial charge on any atom is 0.193 e. The summed E-state index contributed by atoms with van der Waals surface area (Å²) in [4.78, 5) is 0. The highest BCUT2D eigenvalue weighted by atomic mass is 35.5. The largest absolute Gasteiger partial charge is 0.220 e. The first-order valence-electron chi connectivity index (χ1n) is 6.07. The van der Waals surface area contributed by atoms with Crippen molar-refractivity contribution in [3.8, 4) is 0 Å². The van der Waals surface area contributed by atoms with Crippen LogP contribution in [-0.2, 0) is 9.84 Å². The Balaban J connectivity index is 2.15. The Kier molecular flexibility index (Phi) is 5.23. The zero-order valence-corrected chi connectivity index (χ0v) is 13.2. The van der Waals surface area contributed by atoms with Crippen LogP contribution in [0.4, 0.5) is 0 Å². The van der Waals surface area contributed by atoms with E-state index in [4.69, 9.17) is 23.2 Å². The van der Waals surface area contributed by atoms with Gasteiger partial charge in [-0.15, -0.1) is 0 Å². The maximum absolute atomic E-state index is 11.9. The van der Waals surface area contributed by atoms with Crippen molar-refractivity contribution in [3.63, 3.8) is 0 Å². The molecule has 0 unspecified atom stereocenters. The Labute approximate surface area is 134 Å². The van der Waals surface area contributed by atoms with Gasteiger partial charge in [0.15, 0.2) is 9.84 Å². The average molecular weight is 339 g/mol. The first-order chi connectivity index (χ1) is 9.94. The van der Waals surface area contributed by atoms with Crippen molar-refractivity contribution in [1.82, 2.24) is 0 Å². The van der Waals surface area contributed by atoms with Crippen LogP contribution in [-0.4, -0.2) is 8.42 Å². The van der Waals surface area contributed by atoms with Crippen LogP contribution in [0, 0.1) is 0 Å². The van der Waals surface area contributed by atoms with E-state index in [-0.39, 0.29) is 0 Å². The molecular formula is C16H12Cl2O2S. The van der Waals surface area contributed by atoms with Gasteiger partial charge in [0.2, 0.25) is 0 Å². The summed E-state index contributed by atoms with van der Waals surface area (Å²) < 4.78 is 23.8. The second-order valence-electron chi connectivity index (χ2n) is 4.30. The molecule has 2 aromatic carbocycles. The predicted octanol–water partition coefficient (Wildman–Crippen LogP) is 5.05. The fraction of sp³-hybridized carbons (Fsp3) is 0. The molecule has 0 aliphatic heterocycles. The van der Waals surface area contributed by atoms with Gasteiger partial charge < -0.3 is 0 Å². The van der Waals surface area contributed by atoms with Crippen molar-refractivity contribution in [2.24, 2.45) is 0 Å². The van der Waals surface area contributed by atoms with Crippen molar-refractivity contribution < 1.29 is 8.42 Å². The minimum Gasteiger partial charge on any atom is -0.220 e. The van der Waals surface area contributed by atoms with E-state index >= 15 is 0 Å². The molecule has 0 radical (unpaired) electrons. The van der Waals surface area contributed by atoms with E-state index in [1.165, 1.54) is 12.2 Å². The van der Waals surface area contributed by atoms with Crippen molar-refractivity contribution >= 4 is 45.2 Å². The third-order valence-electron chi connectivity index (χ3n) is 2.60. The zero-order chi connectivity index (χ0) is 15.3. The highest BCUT2D eigenvalue weighted by Crippen LogP contribution is 2.15. The van der Waals surface area contributed by atoms with Gasteiger partial charge in [-0.3, -0.25) is 0 Å². The molecule has 0 saturated heterocycles. The fourth-order valence-electron chi connectivity index (χ4n) is 1.61. The van der Waals surface area contributed by atoms with Crippen LogP contribution in [0.1, 0.15) is 11.1 Å². The van der Waals surface area contributed by atoms with Crippen LogP contribution >= 0.6 is 23.2 Å². The first kappa shape index (κ1) is 15.8. The van der Waals surface area contributed by atoms with Crippen LogP contribution in [0.15, 0.2) is 59.3 Å². The van der Waals surface area contributed by atoms with Crippen molar-refractivity contribution in [1.29, 1.82) is 0 Å². The summed E-state index contributed by atoms with van der Waals surface area (Å²) in [5, 5.41) is 3.40. The summed E-state index contributed by atoms with van der Waals surface area (Å²) in [5.41, 5.74) is 1.45. The van der Waals surface area contributed by atoms with Crippen LogP contribution in [0.3, 0.4) is 0 Å². The first-order valence-corrected chi connectivity index (χ1v) is 8.43. The topological polar surface area (TPSA) is 34.1 Å². The number of hydrogen-bond acceptors (Lipinski definition) is 2. The Hall–Kier alpha value is -1.55. The molecule has 0 heterocycles. The Morgan fingerprint density at radius 1 is 0.762 bits per heavy atom. The Morgan fingerprint density at radius 3 is 1.57 bits per heavy atom. The minimum absolute atomic E-state index is 0.559. The molecule has 0 fully saturated rings. The van der Waals surface area contributed by atoms with Gasteiger partial charge in [0.25, 0.3) is 0 Å². The lowest BCUT2D eigenvalue weighted by molar-refractivity contribution is 0.613. The van der Waals surface area contributed by atoms with Crippen LogP contribution in [0.5, 0.6) is 0 Å².